The molecule has 0 aliphatic rings. The third-order valence-corrected chi connectivity index (χ3v) is 5.24. The third kappa shape index (κ3) is 4.77. The number of amides is 1. The van der Waals surface area contributed by atoms with E-state index in [2.05, 4.69) is 20.5 Å². The summed E-state index contributed by atoms with van der Waals surface area (Å²) < 4.78 is 5.11. The molecule has 1 heterocycles. The summed E-state index contributed by atoms with van der Waals surface area (Å²) in [6.07, 6.45) is 0.566. The van der Waals surface area contributed by atoms with E-state index in [1.54, 1.807) is 43.5 Å². The van der Waals surface area contributed by atoms with E-state index in [1.165, 1.54) is 11.8 Å². The molecular formula is C20H20N4O3S. The highest BCUT2D eigenvalue weighted by atomic mass is 32.2. The maximum Gasteiger partial charge on any atom is 0.278 e. The van der Waals surface area contributed by atoms with Gasteiger partial charge in [0.15, 0.2) is 10.9 Å². The van der Waals surface area contributed by atoms with Crippen molar-refractivity contribution in [2.75, 3.05) is 12.4 Å². The zero-order chi connectivity index (χ0) is 19.9. The van der Waals surface area contributed by atoms with E-state index >= 15 is 0 Å². The highest BCUT2D eigenvalue weighted by Crippen LogP contribution is 2.23. The van der Waals surface area contributed by atoms with Gasteiger partial charge in [-0.2, -0.15) is 0 Å². The first-order valence-electron chi connectivity index (χ1n) is 8.74. The van der Waals surface area contributed by atoms with Crippen LogP contribution in [0, 0.1) is 0 Å². The molecule has 8 heteroatoms. The Balaban J connectivity index is 1.70. The highest BCUT2D eigenvalue weighted by Gasteiger charge is 2.20. The molecule has 1 unspecified atom stereocenters. The average molecular weight is 396 g/mol. The number of methoxy groups -OCH3 is 1. The van der Waals surface area contributed by atoms with Crippen molar-refractivity contribution in [2.45, 2.75) is 23.8 Å². The summed E-state index contributed by atoms with van der Waals surface area (Å²) in [4.78, 5) is 27.6. The number of ether oxygens (including phenoxy) is 1. The van der Waals surface area contributed by atoms with E-state index in [9.17, 15) is 9.59 Å². The van der Waals surface area contributed by atoms with E-state index in [0.29, 0.717) is 28.6 Å². The largest absolute Gasteiger partial charge is 0.497 e. The molecule has 0 bridgehead atoms. The van der Waals surface area contributed by atoms with Crippen LogP contribution in [0.3, 0.4) is 0 Å². The minimum Gasteiger partial charge on any atom is -0.497 e. The zero-order valence-electron chi connectivity index (χ0n) is 15.5. The monoisotopic (exact) mass is 396 g/mol. The van der Waals surface area contributed by atoms with Crippen LogP contribution in [0.25, 0.3) is 11.3 Å². The van der Waals surface area contributed by atoms with Crippen molar-refractivity contribution in [1.29, 1.82) is 0 Å². The van der Waals surface area contributed by atoms with Crippen LogP contribution in [0.15, 0.2) is 64.5 Å². The smallest absolute Gasteiger partial charge is 0.278 e. The number of anilines is 1. The molecule has 0 radical (unpaired) electrons. The Kier molecular flexibility index (Phi) is 6.44. The molecule has 0 aliphatic heterocycles. The number of nitrogens with one attached hydrogen (secondary N) is 2. The number of carbonyl (C=O) groups is 1. The highest BCUT2D eigenvalue weighted by molar-refractivity contribution is 8.00. The molecule has 0 saturated carbocycles. The fraction of sp³-hybridized carbons (Fsp3) is 0.200. The standard InChI is InChI=1S/C20H20N4O3S/c1-3-16(18(25)21-14-9-11-15(27-2)12-10-14)28-20-22-19(26)17(23-24-20)13-7-5-4-6-8-13/h4-12,16H,3H2,1-2H3,(H,21,25)(H,22,24,26). The van der Waals surface area contributed by atoms with Crippen LogP contribution in [0.2, 0.25) is 0 Å². The minimum atomic E-state index is -0.422. The molecule has 144 valence electrons. The van der Waals surface area contributed by atoms with Crippen LogP contribution in [0.5, 0.6) is 5.75 Å². The normalized spacial score (nSPS) is 11.6. The number of carbonyl (C=O) groups excluding carboxylic acids is 1. The van der Waals surface area contributed by atoms with Gasteiger partial charge in [0, 0.05) is 11.3 Å². The van der Waals surface area contributed by atoms with Crippen LogP contribution in [0.1, 0.15) is 13.3 Å². The van der Waals surface area contributed by atoms with Crippen molar-refractivity contribution in [3.63, 3.8) is 0 Å². The molecule has 7 nitrogen and oxygen atoms in total. The Hall–Kier alpha value is -3.13. The molecule has 2 aromatic carbocycles. The lowest BCUT2D eigenvalue weighted by Crippen LogP contribution is -2.25. The number of nitrogens with zero attached hydrogens (tertiary/aromatic N) is 2. The second-order valence-corrected chi connectivity index (χ2v) is 7.10. The summed E-state index contributed by atoms with van der Waals surface area (Å²) in [7, 11) is 1.59. The van der Waals surface area contributed by atoms with Crippen LogP contribution >= 0.6 is 11.8 Å². The predicted molar refractivity (Wildman–Crippen MR) is 110 cm³/mol. The Labute approximate surface area is 166 Å². The number of rotatable bonds is 7. The van der Waals surface area contributed by atoms with Crippen LogP contribution in [0.4, 0.5) is 5.69 Å². The molecule has 2 N–H and O–H groups in total. The summed E-state index contributed by atoms with van der Waals surface area (Å²) in [5.74, 6) is 0.540. The van der Waals surface area contributed by atoms with E-state index in [0.717, 1.165) is 0 Å². The second kappa shape index (κ2) is 9.18. The van der Waals surface area contributed by atoms with Crippen molar-refractivity contribution in [3.05, 3.63) is 65.0 Å². The van der Waals surface area contributed by atoms with E-state index in [4.69, 9.17) is 4.74 Å². The Morgan fingerprint density at radius 3 is 2.46 bits per heavy atom. The maximum atomic E-state index is 12.6. The molecule has 0 aliphatic carbocycles. The van der Waals surface area contributed by atoms with Crippen molar-refractivity contribution in [3.8, 4) is 17.0 Å². The lowest BCUT2D eigenvalue weighted by atomic mass is 10.2. The van der Waals surface area contributed by atoms with Crippen molar-refractivity contribution < 1.29 is 9.53 Å². The number of aromatic nitrogens is 3. The molecule has 1 amide bonds. The fourth-order valence-electron chi connectivity index (χ4n) is 2.51. The second-order valence-electron chi connectivity index (χ2n) is 5.91. The summed E-state index contributed by atoms with van der Waals surface area (Å²) >= 11 is 1.18. The number of hydrogen-bond acceptors (Lipinski definition) is 6. The molecule has 28 heavy (non-hydrogen) atoms. The van der Waals surface area contributed by atoms with Crippen molar-refractivity contribution >= 4 is 23.4 Å². The summed E-state index contributed by atoms with van der Waals surface area (Å²) in [6.45, 7) is 1.90. The molecule has 1 atom stereocenters. The van der Waals surface area contributed by atoms with Gasteiger partial charge in [0.1, 0.15) is 5.75 Å². The van der Waals surface area contributed by atoms with Crippen LogP contribution in [-0.2, 0) is 4.79 Å². The molecule has 0 saturated heterocycles. The number of H-pyrrole nitrogens is 1. The summed E-state index contributed by atoms with van der Waals surface area (Å²) in [5, 5.41) is 10.9. The van der Waals surface area contributed by atoms with Crippen molar-refractivity contribution in [2.24, 2.45) is 0 Å². The third-order valence-electron chi connectivity index (χ3n) is 4.00. The van der Waals surface area contributed by atoms with E-state index < -0.39 is 5.25 Å². The van der Waals surface area contributed by atoms with Gasteiger partial charge < -0.3 is 10.1 Å². The fourth-order valence-corrected chi connectivity index (χ4v) is 3.36. The summed E-state index contributed by atoms with van der Waals surface area (Å²) in [6, 6.07) is 16.2. The topological polar surface area (TPSA) is 97.0 Å². The van der Waals surface area contributed by atoms with E-state index in [1.807, 2.05) is 25.1 Å². The number of thioether (sulfide) groups is 1. The molecule has 1 aromatic heterocycles. The Morgan fingerprint density at radius 1 is 1.14 bits per heavy atom. The number of aromatic amines is 1. The Bertz CT molecular complexity index is 990. The predicted octanol–water partition coefficient (Wildman–Crippen LogP) is 3.35. The maximum absolute atomic E-state index is 12.6. The quantitative estimate of drug-likeness (QED) is 0.595. The Morgan fingerprint density at radius 2 is 1.86 bits per heavy atom. The van der Waals surface area contributed by atoms with Gasteiger partial charge in [0.25, 0.3) is 5.56 Å². The van der Waals surface area contributed by atoms with E-state index in [-0.39, 0.29) is 17.2 Å². The lowest BCUT2D eigenvalue weighted by molar-refractivity contribution is -0.115. The van der Waals surface area contributed by atoms with Crippen molar-refractivity contribution in [1.82, 2.24) is 15.2 Å². The zero-order valence-corrected chi connectivity index (χ0v) is 16.3. The SMILES string of the molecule is CCC(Sc1nnc(-c2ccccc2)c(=O)[nH]1)C(=O)Nc1ccc(OC)cc1. The molecule has 3 rings (SSSR count). The van der Waals surface area contributed by atoms with Gasteiger partial charge in [0.2, 0.25) is 5.91 Å². The molecule has 3 aromatic rings. The average Bonchev–Trinajstić information content (AvgIpc) is 2.73. The molecule has 0 fully saturated rings. The van der Waals surface area contributed by atoms with Gasteiger partial charge in [-0.3, -0.25) is 14.6 Å². The summed E-state index contributed by atoms with van der Waals surface area (Å²) in [5.41, 5.74) is 1.27. The number of benzene rings is 2. The van der Waals surface area contributed by atoms with Crippen LogP contribution < -0.4 is 15.6 Å². The van der Waals surface area contributed by atoms with Gasteiger partial charge in [-0.05, 0) is 30.7 Å². The first kappa shape index (κ1) is 19.6. The molecule has 0 spiro atoms. The lowest BCUT2D eigenvalue weighted by Gasteiger charge is -2.14. The minimum absolute atomic E-state index is 0.174. The molecular weight excluding hydrogens is 376 g/mol. The first-order chi connectivity index (χ1) is 13.6. The van der Waals surface area contributed by atoms with Gasteiger partial charge in [-0.25, -0.2) is 0 Å². The number of hydrogen-bond donors (Lipinski definition) is 2. The van der Waals surface area contributed by atoms with Gasteiger partial charge in [-0.1, -0.05) is 49.0 Å². The van der Waals surface area contributed by atoms with Gasteiger partial charge in [0.05, 0.1) is 12.4 Å². The van der Waals surface area contributed by atoms with Gasteiger partial charge >= 0.3 is 0 Å². The first-order valence-corrected chi connectivity index (χ1v) is 9.62. The van der Waals surface area contributed by atoms with Gasteiger partial charge in [-0.15, -0.1) is 10.2 Å². The van der Waals surface area contributed by atoms with Crippen LogP contribution in [-0.4, -0.2) is 33.4 Å².